The molecule has 0 saturated heterocycles. The number of nitrogens with one attached hydrogen (secondary N) is 1. The van der Waals surface area contributed by atoms with Crippen molar-refractivity contribution in [1.82, 2.24) is 4.90 Å². The van der Waals surface area contributed by atoms with E-state index in [4.69, 9.17) is 11.6 Å². The first-order valence-electron chi connectivity index (χ1n) is 7.50. The summed E-state index contributed by atoms with van der Waals surface area (Å²) in [5, 5.41) is 0.445. The van der Waals surface area contributed by atoms with Crippen LogP contribution in [0.1, 0.15) is 26.3 Å². The Kier molecular flexibility index (Phi) is 4.53. The van der Waals surface area contributed by atoms with E-state index in [1.54, 1.807) is 36.4 Å². The Labute approximate surface area is 150 Å². The van der Waals surface area contributed by atoms with Gasteiger partial charge < -0.3 is 0 Å². The lowest BCUT2D eigenvalue weighted by molar-refractivity contribution is 0.0664. The number of amides is 2. The molecule has 1 N–H and O–H groups in total. The van der Waals surface area contributed by atoms with Crippen LogP contribution in [-0.2, 0) is 10.0 Å². The fourth-order valence-corrected chi connectivity index (χ4v) is 3.73. The zero-order valence-electron chi connectivity index (χ0n) is 13.3. The molecule has 0 fully saturated rings. The summed E-state index contributed by atoms with van der Waals surface area (Å²) in [6, 6.07) is 11.2. The summed E-state index contributed by atoms with van der Waals surface area (Å²) in [5.74, 6) is -1.35. The van der Waals surface area contributed by atoms with Crippen molar-refractivity contribution in [2.24, 2.45) is 0 Å². The van der Waals surface area contributed by atoms with Crippen LogP contribution in [0.15, 0.2) is 42.5 Å². The summed E-state index contributed by atoms with van der Waals surface area (Å²) in [4.78, 5) is 25.4. The van der Waals surface area contributed by atoms with E-state index in [1.165, 1.54) is 6.07 Å². The van der Waals surface area contributed by atoms with Gasteiger partial charge in [0.15, 0.2) is 0 Å². The molecule has 0 aliphatic carbocycles. The van der Waals surface area contributed by atoms with Gasteiger partial charge in [0.25, 0.3) is 11.8 Å². The number of benzene rings is 2. The molecule has 1 aliphatic rings. The summed E-state index contributed by atoms with van der Waals surface area (Å²) in [7, 11) is -3.74. The standard InChI is InChI=1S/C17H15ClN2O4S/c1-11-6-7-12(10-15(11)18)19-25(23,24)9-8-20-16(21)13-4-2-3-5-14(13)17(20)22/h2-7,10,19H,8-9H2,1H3. The summed E-state index contributed by atoms with van der Waals surface area (Å²) >= 11 is 5.98. The van der Waals surface area contributed by atoms with Gasteiger partial charge in [-0.15, -0.1) is 0 Å². The number of imide groups is 1. The summed E-state index contributed by atoms with van der Waals surface area (Å²) in [5.41, 5.74) is 1.75. The zero-order valence-corrected chi connectivity index (χ0v) is 14.9. The first-order chi connectivity index (χ1) is 11.8. The smallest absolute Gasteiger partial charge is 0.261 e. The van der Waals surface area contributed by atoms with Crippen molar-refractivity contribution in [3.63, 3.8) is 0 Å². The molecule has 0 saturated carbocycles. The first kappa shape index (κ1) is 17.4. The minimum Gasteiger partial charge on any atom is -0.283 e. The molecule has 130 valence electrons. The van der Waals surface area contributed by atoms with E-state index in [2.05, 4.69) is 4.72 Å². The predicted molar refractivity (Wildman–Crippen MR) is 95.4 cm³/mol. The highest BCUT2D eigenvalue weighted by Gasteiger charge is 2.35. The van der Waals surface area contributed by atoms with Crippen molar-refractivity contribution < 1.29 is 18.0 Å². The highest BCUT2D eigenvalue weighted by molar-refractivity contribution is 7.92. The second-order valence-electron chi connectivity index (χ2n) is 5.69. The molecule has 2 amide bonds. The number of aryl methyl sites for hydroxylation is 1. The molecule has 0 atom stereocenters. The van der Waals surface area contributed by atoms with Gasteiger partial charge in [-0.25, -0.2) is 8.42 Å². The molecule has 2 aromatic rings. The third kappa shape index (κ3) is 3.52. The van der Waals surface area contributed by atoms with Gasteiger partial charge in [0, 0.05) is 17.3 Å². The molecule has 0 radical (unpaired) electrons. The highest BCUT2D eigenvalue weighted by atomic mass is 35.5. The van der Waals surface area contributed by atoms with Crippen molar-refractivity contribution in [3.8, 4) is 0 Å². The first-order valence-corrected chi connectivity index (χ1v) is 9.53. The van der Waals surface area contributed by atoms with Crippen LogP contribution in [0.2, 0.25) is 5.02 Å². The summed E-state index contributed by atoms with van der Waals surface area (Å²) < 4.78 is 26.9. The Hall–Kier alpha value is -2.38. The van der Waals surface area contributed by atoms with Crippen molar-refractivity contribution in [2.45, 2.75) is 6.92 Å². The number of carbonyl (C=O) groups excluding carboxylic acids is 2. The molecule has 0 unspecified atom stereocenters. The molecule has 3 rings (SSSR count). The Morgan fingerprint density at radius 1 is 1.04 bits per heavy atom. The van der Waals surface area contributed by atoms with Gasteiger partial charge in [0.05, 0.1) is 16.9 Å². The third-order valence-corrected chi connectivity index (χ3v) is 5.58. The lowest BCUT2D eigenvalue weighted by Crippen LogP contribution is -2.35. The van der Waals surface area contributed by atoms with E-state index >= 15 is 0 Å². The largest absolute Gasteiger partial charge is 0.283 e. The van der Waals surface area contributed by atoms with Gasteiger partial charge >= 0.3 is 0 Å². The van der Waals surface area contributed by atoms with Crippen LogP contribution < -0.4 is 4.72 Å². The molecule has 25 heavy (non-hydrogen) atoms. The molecule has 0 spiro atoms. The minimum atomic E-state index is -3.74. The molecule has 0 aromatic heterocycles. The number of rotatable bonds is 5. The maximum atomic E-state index is 12.2. The Balaban J connectivity index is 1.70. The number of halogens is 1. The van der Waals surface area contributed by atoms with E-state index < -0.39 is 27.6 Å². The summed E-state index contributed by atoms with van der Waals surface area (Å²) in [6.07, 6.45) is 0. The Morgan fingerprint density at radius 2 is 1.64 bits per heavy atom. The molecule has 1 aliphatic heterocycles. The molecule has 8 heteroatoms. The number of hydrogen-bond donors (Lipinski definition) is 1. The molecule has 2 aromatic carbocycles. The van der Waals surface area contributed by atoms with Crippen molar-refractivity contribution in [1.29, 1.82) is 0 Å². The quantitative estimate of drug-likeness (QED) is 0.811. The lowest BCUT2D eigenvalue weighted by atomic mass is 10.1. The number of nitrogens with zero attached hydrogens (tertiary/aromatic N) is 1. The number of anilines is 1. The van der Waals surface area contributed by atoms with Gasteiger partial charge in [-0.1, -0.05) is 29.8 Å². The second kappa shape index (κ2) is 6.50. The van der Waals surface area contributed by atoms with Gasteiger partial charge in [-0.2, -0.15) is 0 Å². The predicted octanol–water partition coefficient (Wildman–Crippen LogP) is 2.69. The van der Waals surface area contributed by atoms with E-state index in [9.17, 15) is 18.0 Å². The number of hydrogen-bond acceptors (Lipinski definition) is 4. The van der Waals surface area contributed by atoms with Gasteiger partial charge in [-0.3, -0.25) is 19.2 Å². The maximum Gasteiger partial charge on any atom is 0.261 e. The SMILES string of the molecule is Cc1ccc(NS(=O)(=O)CCN2C(=O)c3ccccc3C2=O)cc1Cl. The number of fused-ring (bicyclic) bond motifs is 1. The minimum absolute atomic E-state index is 0.221. The fraction of sp³-hybridized carbons (Fsp3) is 0.176. The third-order valence-electron chi connectivity index (χ3n) is 3.91. The maximum absolute atomic E-state index is 12.2. The fourth-order valence-electron chi connectivity index (χ4n) is 2.54. The van der Waals surface area contributed by atoms with Crippen molar-refractivity contribution in [2.75, 3.05) is 17.0 Å². The van der Waals surface area contributed by atoms with Crippen LogP contribution >= 0.6 is 11.6 Å². The van der Waals surface area contributed by atoms with Crippen LogP contribution in [0.5, 0.6) is 0 Å². The molecular weight excluding hydrogens is 364 g/mol. The Bertz CT molecular complexity index is 937. The van der Waals surface area contributed by atoms with E-state index in [0.29, 0.717) is 21.8 Å². The highest BCUT2D eigenvalue weighted by Crippen LogP contribution is 2.23. The molecule has 6 nitrogen and oxygen atoms in total. The van der Waals surface area contributed by atoms with Crippen LogP contribution in [0, 0.1) is 6.92 Å². The zero-order chi connectivity index (χ0) is 18.2. The molecular formula is C17H15ClN2O4S. The van der Waals surface area contributed by atoms with Crippen molar-refractivity contribution >= 4 is 39.1 Å². The van der Waals surface area contributed by atoms with E-state index in [-0.39, 0.29) is 6.54 Å². The van der Waals surface area contributed by atoms with Crippen LogP contribution in [0.3, 0.4) is 0 Å². The number of carbonyl (C=O) groups is 2. The van der Waals surface area contributed by atoms with Gasteiger partial charge in [0.1, 0.15) is 0 Å². The van der Waals surface area contributed by atoms with E-state index in [0.717, 1.165) is 10.5 Å². The summed E-state index contributed by atoms with van der Waals surface area (Å²) in [6.45, 7) is 1.59. The van der Waals surface area contributed by atoms with E-state index in [1.807, 2.05) is 6.92 Å². The number of sulfonamides is 1. The van der Waals surface area contributed by atoms with Crippen LogP contribution in [0.4, 0.5) is 5.69 Å². The lowest BCUT2D eigenvalue weighted by Gasteiger charge is -2.15. The van der Waals surface area contributed by atoms with Crippen molar-refractivity contribution in [3.05, 3.63) is 64.2 Å². The average Bonchev–Trinajstić information content (AvgIpc) is 2.81. The monoisotopic (exact) mass is 378 g/mol. The van der Waals surface area contributed by atoms with Gasteiger partial charge in [0.2, 0.25) is 10.0 Å². The average molecular weight is 379 g/mol. The van der Waals surface area contributed by atoms with Crippen LogP contribution in [-0.4, -0.2) is 37.4 Å². The van der Waals surface area contributed by atoms with Gasteiger partial charge in [-0.05, 0) is 36.8 Å². The van der Waals surface area contributed by atoms with Crippen LogP contribution in [0.25, 0.3) is 0 Å². The normalized spacial score (nSPS) is 13.9. The molecule has 1 heterocycles. The topological polar surface area (TPSA) is 83.6 Å². The second-order valence-corrected chi connectivity index (χ2v) is 7.94. The Morgan fingerprint density at radius 3 is 2.20 bits per heavy atom. The molecule has 0 bridgehead atoms.